The molecule has 0 N–H and O–H groups in total. The number of unbranched alkanes of at least 4 members (excludes halogenated alkanes) is 3. The molecular formula is C15H20O3. The van der Waals surface area contributed by atoms with Crippen molar-refractivity contribution in [3.05, 3.63) is 36.9 Å². The molecule has 3 nitrogen and oxygen atoms in total. The predicted octanol–water partition coefficient (Wildman–Crippen LogP) is 3.74. The van der Waals surface area contributed by atoms with Crippen LogP contribution in [0, 0.1) is 0 Å². The highest BCUT2D eigenvalue weighted by Gasteiger charge is 2.06. The van der Waals surface area contributed by atoms with Crippen molar-refractivity contribution in [2.75, 3.05) is 6.61 Å². The van der Waals surface area contributed by atoms with Crippen molar-refractivity contribution in [1.29, 1.82) is 0 Å². The van der Waals surface area contributed by atoms with Gasteiger partial charge in [-0.2, -0.15) is 0 Å². The number of benzene rings is 1. The molecule has 1 rings (SSSR count). The van der Waals surface area contributed by atoms with Crippen LogP contribution in [-0.4, -0.2) is 12.6 Å². The van der Waals surface area contributed by atoms with Crippen LogP contribution in [0.2, 0.25) is 0 Å². The van der Waals surface area contributed by atoms with Gasteiger partial charge in [0.2, 0.25) is 0 Å². The van der Waals surface area contributed by atoms with E-state index in [0.717, 1.165) is 18.9 Å². The molecule has 18 heavy (non-hydrogen) atoms. The van der Waals surface area contributed by atoms with E-state index < -0.39 is 5.97 Å². The molecule has 0 radical (unpaired) electrons. The summed E-state index contributed by atoms with van der Waals surface area (Å²) >= 11 is 0. The first-order valence-corrected chi connectivity index (χ1v) is 6.34. The predicted molar refractivity (Wildman–Crippen MR) is 71.9 cm³/mol. The summed E-state index contributed by atoms with van der Waals surface area (Å²) in [7, 11) is 0. The van der Waals surface area contributed by atoms with Crippen molar-refractivity contribution in [2.45, 2.75) is 32.6 Å². The lowest BCUT2D eigenvalue weighted by atomic mass is 10.2. The average Bonchev–Trinajstić information content (AvgIpc) is 2.40. The second-order valence-electron chi connectivity index (χ2n) is 3.98. The Morgan fingerprint density at radius 2 is 1.94 bits per heavy atom. The lowest BCUT2D eigenvalue weighted by Gasteiger charge is -2.10. The maximum Gasteiger partial charge on any atom is 0.335 e. The number of para-hydroxylation sites is 2. The highest BCUT2D eigenvalue weighted by Crippen LogP contribution is 2.26. The van der Waals surface area contributed by atoms with Gasteiger partial charge in [-0.1, -0.05) is 44.9 Å². The van der Waals surface area contributed by atoms with Crippen LogP contribution >= 0.6 is 0 Å². The first kappa shape index (κ1) is 14.3. The fourth-order valence-corrected chi connectivity index (χ4v) is 1.51. The van der Waals surface area contributed by atoms with Gasteiger partial charge in [0.1, 0.15) is 0 Å². The maximum absolute atomic E-state index is 11.2. The van der Waals surface area contributed by atoms with Gasteiger partial charge >= 0.3 is 5.97 Å². The van der Waals surface area contributed by atoms with E-state index in [1.165, 1.54) is 12.8 Å². The standard InChI is InChI=1S/C15H20O3/c1-3-5-6-9-12-17-13-10-7-8-11-14(13)18-15(16)4-2/h4,7-8,10-11H,2-3,5-6,9,12H2,1H3. The molecule has 0 saturated heterocycles. The second-order valence-corrected chi connectivity index (χ2v) is 3.98. The third-order valence-corrected chi connectivity index (χ3v) is 2.48. The highest BCUT2D eigenvalue weighted by atomic mass is 16.6. The van der Waals surface area contributed by atoms with Crippen molar-refractivity contribution in [3.63, 3.8) is 0 Å². The summed E-state index contributed by atoms with van der Waals surface area (Å²) in [5.41, 5.74) is 0. The molecule has 1 aromatic carbocycles. The van der Waals surface area contributed by atoms with E-state index >= 15 is 0 Å². The van der Waals surface area contributed by atoms with Crippen LogP contribution in [0.15, 0.2) is 36.9 Å². The van der Waals surface area contributed by atoms with Gasteiger partial charge in [0.15, 0.2) is 11.5 Å². The third-order valence-electron chi connectivity index (χ3n) is 2.48. The molecule has 3 heteroatoms. The minimum atomic E-state index is -0.475. The van der Waals surface area contributed by atoms with Crippen molar-refractivity contribution in [3.8, 4) is 11.5 Å². The molecule has 0 amide bonds. The van der Waals surface area contributed by atoms with Gasteiger partial charge in [-0.3, -0.25) is 0 Å². The molecule has 0 unspecified atom stereocenters. The summed E-state index contributed by atoms with van der Waals surface area (Å²) in [5, 5.41) is 0. The largest absolute Gasteiger partial charge is 0.490 e. The molecule has 0 aromatic heterocycles. The summed E-state index contributed by atoms with van der Waals surface area (Å²) < 4.78 is 10.7. The Kier molecular flexibility index (Phi) is 6.62. The Labute approximate surface area is 108 Å². The number of hydrogen-bond donors (Lipinski definition) is 0. The van der Waals surface area contributed by atoms with Crippen molar-refractivity contribution in [1.82, 2.24) is 0 Å². The number of carbonyl (C=O) groups excluding carboxylic acids is 1. The normalized spacial score (nSPS) is 9.83. The molecule has 1 aromatic rings. The van der Waals surface area contributed by atoms with Crippen LogP contribution in [0.5, 0.6) is 11.5 Å². The fourth-order valence-electron chi connectivity index (χ4n) is 1.51. The molecule has 0 atom stereocenters. The Morgan fingerprint density at radius 3 is 2.61 bits per heavy atom. The van der Waals surface area contributed by atoms with E-state index in [4.69, 9.17) is 9.47 Å². The second kappa shape index (κ2) is 8.34. The Morgan fingerprint density at radius 1 is 1.22 bits per heavy atom. The molecule has 98 valence electrons. The van der Waals surface area contributed by atoms with Crippen molar-refractivity contribution < 1.29 is 14.3 Å². The van der Waals surface area contributed by atoms with E-state index in [1.54, 1.807) is 18.2 Å². The van der Waals surface area contributed by atoms with Crippen LogP contribution in [0.3, 0.4) is 0 Å². The van der Waals surface area contributed by atoms with Crippen molar-refractivity contribution in [2.24, 2.45) is 0 Å². The van der Waals surface area contributed by atoms with Gasteiger partial charge < -0.3 is 9.47 Å². The zero-order chi connectivity index (χ0) is 13.2. The maximum atomic E-state index is 11.2. The fraction of sp³-hybridized carbons (Fsp3) is 0.400. The van der Waals surface area contributed by atoms with Crippen LogP contribution in [-0.2, 0) is 4.79 Å². The Hall–Kier alpha value is -1.77. The van der Waals surface area contributed by atoms with Crippen LogP contribution in [0.25, 0.3) is 0 Å². The van der Waals surface area contributed by atoms with Crippen LogP contribution in [0.4, 0.5) is 0 Å². The quantitative estimate of drug-likeness (QED) is 0.304. The monoisotopic (exact) mass is 248 g/mol. The first-order valence-electron chi connectivity index (χ1n) is 6.34. The number of hydrogen-bond acceptors (Lipinski definition) is 3. The molecule has 0 aliphatic rings. The Bertz CT molecular complexity index is 385. The third kappa shape index (κ3) is 5.04. The highest BCUT2D eigenvalue weighted by molar-refractivity contribution is 5.83. The molecule has 0 fully saturated rings. The zero-order valence-corrected chi connectivity index (χ0v) is 10.9. The average molecular weight is 248 g/mol. The van der Waals surface area contributed by atoms with Crippen LogP contribution in [0.1, 0.15) is 32.6 Å². The van der Waals surface area contributed by atoms with Gasteiger partial charge in [-0.25, -0.2) is 4.79 Å². The lowest BCUT2D eigenvalue weighted by molar-refractivity contribution is -0.129. The van der Waals surface area contributed by atoms with Gasteiger partial charge in [0.25, 0.3) is 0 Å². The summed E-state index contributed by atoms with van der Waals surface area (Å²) in [6, 6.07) is 7.16. The number of ether oxygens (including phenoxy) is 2. The molecule has 0 aliphatic heterocycles. The van der Waals surface area contributed by atoms with Gasteiger partial charge in [0.05, 0.1) is 6.61 Å². The molecular weight excluding hydrogens is 228 g/mol. The molecule has 0 heterocycles. The zero-order valence-electron chi connectivity index (χ0n) is 10.9. The summed E-state index contributed by atoms with van der Waals surface area (Å²) in [5.74, 6) is 0.569. The topological polar surface area (TPSA) is 35.5 Å². The van der Waals surface area contributed by atoms with E-state index in [1.807, 2.05) is 6.07 Å². The van der Waals surface area contributed by atoms with Crippen molar-refractivity contribution >= 4 is 5.97 Å². The smallest absolute Gasteiger partial charge is 0.335 e. The molecule has 0 bridgehead atoms. The first-order chi connectivity index (χ1) is 8.77. The number of carbonyl (C=O) groups is 1. The van der Waals surface area contributed by atoms with E-state index in [9.17, 15) is 4.79 Å². The van der Waals surface area contributed by atoms with Gasteiger partial charge in [-0.15, -0.1) is 0 Å². The summed E-state index contributed by atoms with van der Waals surface area (Å²) in [4.78, 5) is 11.2. The van der Waals surface area contributed by atoms with Gasteiger partial charge in [-0.05, 0) is 18.6 Å². The number of esters is 1. The molecule has 0 saturated carbocycles. The number of rotatable bonds is 8. The van der Waals surface area contributed by atoms with E-state index in [2.05, 4.69) is 13.5 Å². The lowest BCUT2D eigenvalue weighted by Crippen LogP contribution is -2.06. The summed E-state index contributed by atoms with van der Waals surface area (Å²) in [6.45, 7) is 6.18. The SMILES string of the molecule is C=CC(=O)Oc1ccccc1OCCCCCC. The van der Waals surface area contributed by atoms with E-state index in [0.29, 0.717) is 18.1 Å². The summed E-state index contributed by atoms with van der Waals surface area (Å²) in [6.07, 6.45) is 5.73. The van der Waals surface area contributed by atoms with Gasteiger partial charge in [0, 0.05) is 6.08 Å². The minimum absolute atomic E-state index is 0.442. The van der Waals surface area contributed by atoms with Crippen LogP contribution < -0.4 is 9.47 Å². The minimum Gasteiger partial charge on any atom is -0.490 e. The Balaban J connectivity index is 2.48. The molecule has 0 aliphatic carbocycles. The van der Waals surface area contributed by atoms with E-state index in [-0.39, 0.29) is 0 Å². The molecule has 0 spiro atoms.